The second-order valence-electron chi connectivity index (χ2n) is 7.53. The van der Waals surface area contributed by atoms with Crippen molar-refractivity contribution in [2.24, 2.45) is 0 Å². The molecule has 2 fully saturated rings. The average molecular weight is 391 g/mol. The first-order chi connectivity index (χ1) is 12.8. The van der Waals surface area contributed by atoms with Gasteiger partial charge in [0.25, 0.3) is 5.56 Å². The normalized spacial score (nSPS) is 19.9. The van der Waals surface area contributed by atoms with E-state index in [9.17, 15) is 13.2 Å². The maximum absolute atomic E-state index is 12.7. The van der Waals surface area contributed by atoms with E-state index in [4.69, 9.17) is 4.98 Å². The molecule has 0 atom stereocenters. The minimum Gasteiger partial charge on any atom is -0.338 e. The van der Waals surface area contributed by atoms with Gasteiger partial charge in [-0.05, 0) is 25.3 Å². The summed E-state index contributed by atoms with van der Waals surface area (Å²) in [6.45, 7) is 3.83. The molecule has 0 aromatic carbocycles. The van der Waals surface area contributed by atoms with Crippen LogP contribution >= 0.6 is 0 Å². The molecule has 1 aliphatic heterocycles. The van der Waals surface area contributed by atoms with Crippen LogP contribution in [-0.4, -0.2) is 59.7 Å². The van der Waals surface area contributed by atoms with Gasteiger partial charge in [-0.3, -0.25) is 9.36 Å². The molecule has 0 bridgehead atoms. The molecule has 1 aliphatic carbocycles. The molecule has 0 unspecified atom stereocenters. The quantitative estimate of drug-likeness (QED) is 0.784. The van der Waals surface area contributed by atoms with Crippen molar-refractivity contribution in [1.29, 1.82) is 0 Å². The van der Waals surface area contributed by atoms with Crippen molar-refractivity contribution in [2.75, 3.05) is 37.3 Å². The molecule has 1 saturated carbocycles. The Morgan fingerprint density at radius 2 is 1.78 bits per heavy atom. The number of aryl methyl sites for hydroxylation is 1. The number of pyridine rings is 1. The predicted octanol–water partition coefficient (Wildman–Crippen LogP) is 1.30. The van der Waals surface area contributed by atoms with E-state index in [-0.39, 0.29) is 11.6 Å². The molecule has 0 radical (unpaired) electrons. The molecule has 0 spiro atoms. The minimum atomic E-state index is -3.17. The Hall–Kier alpha value is -2.00. The fourth-order valence-electron chi connectivity index (χ4n) is 4.15. The highest BCUT2D eigenvalue weighted by atomic mass is 32.2. The van der Waals surface area contributed by atoms with Crippen LogP contribution < -0.4 is 10.5 Å². The number of nitrogens with zero attached hydrogens (tertiary/aromatic N) is 5. The van der Waals surface area contributed by atoms with Gasteiger partial charge in [0, 0.05) is 49.9 Å². The first kappa shape index (κ1) is 18.4. The molecule has 2 aliphatic rings. The number of aromatic nitrogens is 3. The highest BCUT2D eigenvalue weighted by Gasteiger charge is 2.26. The van der Waals surface area contributed by atoms with E-state index in [0.29, 0.717) is 37.8 Å². The molecule has 0 N–H and O–H groups in total. The van der Waals surface area contributed by atoms with Gasteiger partial charge in [-0.25, -0.2) is 13.4 Å². The largest absolute Gasteiger partial charge is 0.338 e. The van der Waals surface area contributed by atoms with Crippen molar-refractivity contribution in [3.63, 3.8) is 0 Å². The molecule has 146 valence electrons. The zero-order valence-electron chi connectivity index (χ0n) is 15.8. The Morgan fingerprint density at radius 1 is 1.11 bits per heavy atom. The second-order valence-corrected chi connectivity index (χ2v) is 9.51. The zero-order valence-corrected chi connectivity index (χ0v) is 16.6. The molecule has 8 nitrogen and oxygen atoms in total. The second kappa shape index (κ2) is 6.87. The average Bonchev–Trinajstić information content (AvgIpc) is 3.15. The van der Waals surface area contributed by atoms with Gasteiger partial charge in [0.15, 0.2) is 0 Å². The molecule has 0 amide bonds. The summed E-state index contributed by atoms with van der Waals surface area (Å²) in [4.78, 5) is 24.0. The van der Waals surface area contributed by atoms with Crippen LogP contribution in [0, 0.1) is 6.92 Å². The third kappa shape index (κ3) is 3.45. The number of hydrogen-bond acceptors (Lipinski definition) is 6. The molecule has 4 rings (SSSR count). The van der Waals surface area contributed by atoms with E-state index in [1.165, 1.54) is 10.6 Å². The van der Waals surface area contributed by atoms with E-state index >= 15 is 0 Å². The van der Waals surface area contributed by atoms with Gasteiger partial charge >= 0.3 is 0 Å². The Labute approximate surface area is 158 Å². The molecule has 27 heavy (non-hydrogen) atoms. The van der Waals surface area contributed by atoms with Crippen LogP contribution in [0.2, 0.25) is 0 Å². The van der Waals surface area contributed by atoms with Crippen molar-refractivity contribution in [2.45, 2.75) is 38.6 Å². The van der Waals surface area contributed by atoms with Gasteiger partial charge in [0.05, 0.1) is 6.26 Å². The van der Waals surface area contributed by atoms with Gasteiger partial charge in [0.1, 0.15) is 5.65 Å². The number of hydrogen-bond donors (Lipinski definition) is 0. The van der Waals surface area contributed by atoms with Crippen molar-refractivity contribution < 1.29 is 8.42 Å². The van der Waals surface area contributed by atoms with Gasteiger partial charge in [-0.15, -0.1) is 0 Å². The van der Waals surface area contributed by atoms with Gasteiger partial charge < -0.3 is 4.90 Å². The molecule has 9 heteroatoms. The van der Waals surface area contributed by atoms with Crippen LogP contribution in [0.3, 0.4) is 0 Å². The first-order valence-electron chi connectivity index (χ1n) is 9.43. The molecule has 3 heterocycles. The summed E-state index contributed by atoms with van der Waals surface area (Å²) in [5.74, 6) is 0.562. The van der Waals surface area contributed by atoms with Crippen LogP contribution in [0.4, 0.5) is 5.95 Å². The van der Waals surface area contributed by atoms with E-state index in [1.54, 1.807) is 12.3 Å². The van der Waals surface area contributed by atoms with E-state index < -0.39 is 10.0 Å². The number of piperazine rings is 1. The van der Waals surface area contributed by atoms with Gasteiger partial charge in [-0.1, -0.05) is 12.8 Å². The van der Waals surface area contributed by atoms with Crippen molar-refractivity contribution in [3.8, 4) is 0 Å². The fourth-order valence-corrected chi connectivity index (χ4v) is 4.98. The van der Waals surface area contributed by atoms with Crippen LogP contribution in [0.1, 0.15) is 37.3 Å². The lowest BCUT2D eigenvalue weighted by Gasteiger charge is -2.33. The molecule has 1 saturated heterocycles. The maximum atomic E-state index is 12.7. The monoisotopic (exact) mass is 391 g/mol. The summed E-state index contributed by atoms with van der Waals surface area (Å²) >= 11 is 0. The van der Waals surface area contributed by atoms with E-state index in [0.717, 1.165) is 36.6 Å². The van der Waals surface area contributed by atoms with Crippen molar-refractivity contribution in [1.82, 2.24) is 18.8 Å². The third-order valence-corrected chi connectivity index (χ3v) is 6.97. The Balaban J connectivity index is 1.71. The van der Waals surface area contributed by atoms with Crippen molar-refractivity contribution in [3.05, 3.63) is 28.2 Å². The van der Waals surface area contributed by atoms with Crippen LogP contribution in [0.15, 0.2) is 17.1 Å². The highest BCUT2D eigenvalue weighted by Crippen LogP contribution is 2.31. The third-order valence-electron chi connectivity index (χ3n) is 5.67. The summed E-state index contributed by atoms with van der Waals surface area (Å²) < 4.78 is 26.7. The lowest BCUT2D eigenvalue weighted by molar-refractivity contribution is 0.385. The lowest BCUT2D eigenvalue weighted by Crippen LogP contribution is -2.48. The van der Waals surface area contributed by atoms with Crippen LogP contribution in [-0.2, 0) is 10.0 Å². The number of anilines is 1. The summed E-state index contributed by atoms with van der Waals surface area (Å²) in [5.41, 5.74) is 1.58. The molecular weight excluding hydrogens is 366 g/mol. The standard InChI is InChI=1S/C18H25N5O3S/c1-13-11-16(24)23(14-5-3-4-6-14)17-15(13)12-19-18(20-17)21-7-9-22(10-8-21)27(2,25)26/h11-12,14H,3-10H2,1-2H3. The van der Waals surface area contributed by atoms with Crippen LogP contribution in [0.25, 0.3) is 11.0 Å². The molecule has 2 aromatic rings. The van der Waals surface area contributed by atoms with Gasteiger partial charge in [-0.2, -0.15) is 9.29 Å². The number of rotatable bonds is 3. The summed E-state index contributed by atoms with van der Waals surface area (Å²) in [6.07, 6.45) is 7.31. The fraction of sp³-hybridized carbons (Fsp3) is 0.611. The topological polar surface area (TPSA) is 88.4 Å². The predicted molar refractivity (Wildman–Crippen MR) is 105 cm³/mol. The molecule has 2 aromatic heterocycles. The minimum absolute atomic E-state index is 0.00144. The first-order valence-corrected chi connectivity index (χ1v) is 11.3. The van der Waals surface area contributed by atoms with E-state index in [1.807, 2.05) is 16.4 Å². The number of sulfonamides is 1. The van der Waals surface area contributed by atoms with Crippen LogP contribution in [0.5, 0.6) is 0 Å². The summed E-state index contributed by atoms with van der Waals surface area (Å²) in [5, 5.41) is 0.903. The number of fused-ring (bicyclic) bond motifs is 1. The SMILES string of the molecule is Cc1cc(=O)n(C2CCCC2)c2nc(N3CCN(S(C)(=O)=O)CC3)ncc12. The van der Waals surface area contributed by atoms with E-state index in [2.05, 4.69) is 4.98 Å². The Morgan fingerprint density at radius 3 is 2.41 bits per heavy atom. The summed E-state index contributed by atoms with van der Waals surface area (Å²) in [6, 6.07) is 1.87. The lowest BCUT2D eigenvalue weighted by atomic mass is 10.1. The van der Waals surface area contributed by atoms with Gasteiger partial charge in [0.2, 0.25) is 16.0 Å². The maximum Gasteiger partial charge on any atom is 0.252 e. The molecular formula is C18H25N5O3S. The Bertz CT molecular complexity index is 1020. The zero-order chi connectivity index (χ0) is 19.2. The summed E-state index contributed by atoms with van der Waals surface area (Å²) in [7, 11) is -3.17. The highest BCUT2D eigenvalue weighted by molar-refractivity contribution is 7.88. The van der Waals surface area contributed by atoms with Crippen molar-refractivity contribution >= 4 is 27.0 Å². The Kier molecular flexibility index (Phi) is 4.67. The smallest absolute Gasteiger partial charge is 0.252 e.